The van der Waals surface area contributed by atoms with E-state index in [1.165, 1.54) is 5.56 Å². The fraction of sp³-hybridized carbons (Fsp3) is 0.308. The van der Waals surface area contributed by atoms with Gasteiger partial charge in [-0.1, -0.05) is 0 Å². The summed E-state index contributed by atoms with van der Waals surface area (Å²) in [6, 6.07) is 7.88. The number of nitrogens with zero attached hydrogens (tertiary/aromatic N) is 4. The molecule has 0 atom stereocenters. The molecule has 0 radical (unpaired) electrons. The highest BCUT2D eigenvalue weighted by molar-refractivity contribution is 5.38. The molecule has 5 heteroatoms. The van der Waals surface area contributed by atoms with Crippen molar-refractivity contribution in [1.82, 2.24) is 15.2 Å². The highest BCUT2D eigenvalue weighted by atomic mass is 15.3. The van der Waals surface area contributed by atoms with Crippen LogP contribution < -0.4 is 10.6 Å². The Balaban J connectivity index is 2.12. The highest BCUT2D eigenvalue weighted by Crippen LogP contribution is 2.13. The molecule has 0 fully saturated rings. The number of aromatic nitrogens is 3. The number of hydrogen-bond donors (Lipinski definition) is 1. The number of anilines is 1. The van der Waals surface area contributed by atoms with Crippen LogP contribution in [-0.2, 0) is 13.1 Å². The Morgan fingerprint density at radius 1 is 1.11 bits per heavy atom. The molecule has 0 aliphatic carbocycles. The van der Waals surface area contributed by atoms with Crippen LogP contribution in [0.3, 0.4) is 0 Å². The van der Waals surface area contributed by atoms with Gasteiger partial charge in [0.2, 0.25) is 0 Å². The summed E-state index contributed by atoms with van der Waals surface area (Å²) in [5, 5.41) is 8.28. The van der Waals surface area contributed by atoms with E-state index >= 15 is 0 Å². The van der Waals surface area contributed by atoms with Gasteiger partial charge in [0.15, 0.2) is 5.82 Å². The van der Waals surface area contributed by atoms with Crippen LogP contribution in [0.4, 0.5) is 5.82 Å². The van der Waals surface area contributed by atoms with Crippen LogP contribution in [0, 0.1) is 0 Å². The first-order chi connectivity index (χ1) is 8.83. The summed E-state index contributed by atoms with van der Waals surface area (Å²) in [4.78, 5) is 6.17. The minimum Gasteiger partial charge on any atom is -0.351 e. The van der Waals surface area contributed by atoms with Crippen LogP contribution in [0.25, 0.3) is 0 Å². The van der Waals surface area contributed by atoms with E-state index in [2.05, 4.69) is 27.0 Å². The molecule has 5 nitrogen and oxygen atoms in total. The van der Waals surface area contributed by atoms with E-state index in [4.69, 9.17) is 5.73 Å². The monoisotopic (exact) mass is 243 g/mol. The van der Waals surface area contributed by atoms with Crippen molar-refractivity contribution in [2.75, 3.05) is 11.4 Å². The largest absolute Gasteiger partial charge is 0.351 e. The maximum Gasteiger partial charge on any atom is 0.151 e. The summed E-state index contributed by atoms with van der Waals surface area (Å²) in [7, 11) is 0. The molecule has 2 aromatic heterocycles. The van der Waals surface area contributed by atoms with E-state index in [9.17, 15) is 0 Å². The van der Waals surface area contributed by atoms with Crippen molar-refractivity contribution in [3.63, 3.8) is 0 Å². The van der Waals surface area contributed by atoms with Gasteiger partial charge >= 0.3 is 0 Å². The molecule has 2 N–H and O–H groups in total. The van der Waals surface area contributed by atoms with Gasteiger partial charge in [0.05, 0.1) is 5.69 Å². The third kappa shape index (κ3) is 3.01. The van der Waals surface area contributed by atoms with Crippen LogP contribution in [-0.4, -0.2) is 21.7 Å². The number of hydrogen-bond acceptors (Lipinski definition) is 5. The smallest absolute Gasteiger partial charge is 0.151 e. The molecular formula is C13H17N5. The molecular weight excluding hydrogens is 226 g/mol. The van der Waals surface area contributed by atoms with Crippen LogP contribution in [0.5, 0.6) is 0 Å². The Labute approximate surface area is 107 Å². The zero-order valence-corrected chi connectivity index (χ0v) is 10.5. The van der Waals surface area contributed by atoms with Gasteiger partial charge in [-0.3, -0.25) is 4.98 Å². The summed E-state index contributed by atoms with van der Waals surface area (Å²) in [5.41, 5.74) is 7.52. The van der Waals surface area contributed by atoms with E-state index < -0.39 is 0 Å². The fourth-order valence-electron chi connectivity index (χ4n) is 1.69. The van der Waals surface area contributed by atoms with Gasteiger partial charge in [-0.2, -0.15) is 5.10 Å². The lowest BCUT2D eigenvalue weighted by Gasteiger charge is -2.21. The van der Waals surface area contributed by atoms with Crippen LogP contribution in [0.1, 0.15) is 18.2 Å². The van der Waals surface area contributed by atoms with Crippen LogP contribution in [0.2, 0.25) is 0 Å². The van der Waals surface area contributed by atoms with E-state index in [0.29, 0.717) is 6.54 Å². The molecule has 0 aliphatic heterocycles. The standard InChI is InChI=1S/C13H17N5/c1-2-18(10-11-5-7-15-8-6-11)13-4-3-12(9-14)16-17-13/h3-8H,2,9-10,14H2,1H3. The van der Waals surface area contributed by atoms with Crippen LogP contribution >= 0.6 is 0 Å². The minimum atomic E-state index is 0.420. The lowest BCUT2D eigenvalue weighted by atomic mass is 10.2. The number of nitrogens with two attached hydrogens (primary N) is 1. The normalized spacial score (nSPS) is 10.3. The first-order valence-electron chi connectivity index (χ1n) is 6.00. The number of rotatable bonds is 5. The third-order valence-corrected chi connectivity index (χ3v) is 2.74. The van der Waals surface area contributed by atoms with Gasteiger partial charge in [0.25, 0.3) is 0 Å². The van der Waals surface area contributed by atoms with E-state index in [-0.39, 0.29) is 0 Å². The Bertz CT molecular complexity index is 469. The second-order valence-corrected chi connectivity index (χ2v) is 3.96. The first-order valence-corrected chi connectivity index (χ1v) is 6.00. The van der Waals surface area contributed by atoms with Gasteiger partial charge in [-0.25, -0.2) is 0 Å². The molecule has 2 heterocycles. The average molecular weight is 243 g/mol. The molecule has 0 amide bonds. The topological polar surface area (TPSA) is 67.9 Å². The van der Waals surface area contributed by atoms with Crippen molar-refractivity contribution in [1.29, 1.82) is 0 Å². The minimum absolute atomic E-state index is 0.420. The van der Waals surface area contributed by atoms with Gasteiger partial charge in [-0.15, -0.1) is 5.10 Å². The van der Waals surface area contributed by atoms with E-state index in [1.54, 1.807) is 12.4 Å². The van der Waals surface area contributed by atoms with E-state index in [1.807, 2.05) is 24.3 Å². The van der Waals surface area contributed by atoms with Gasteiger partial charge in [-0.05, 0) is 36.8 Å². The summed E-state index contributed by atoms with van der Waals surface area (Å²) in [6.07, 6.45) is 3.60. The third-order valence-electron chi connectivity index (χ3n) is 2.74. The zero-order valence-electron chi connectivity index (χ0n) is 10.5. The molecule has 0 saturated carbocycles. The van der Waals surface area contributed by atoms with Crippen molar-refractivity contribution in [3.05, 3.63) is 47.9 Å². The maximum absolute atomic E-state index is 5.51. The number of pyridine rings is 1. The second-order valence-electron chi connectivity index (χ2n) is 3.96. The molecule has 94 valence electrons. The first kappa shape index (κ1) is 12.4. The van der Waals surface area contributed by atoms with Gasteiger partial charge < -0.3 is 10.6 Å². The lowest BCUT2D eigenvalue weighted by Crippen LogP contribution is -2.23. The predicted molar refractivity (Wildman–Crippen MR) is 70.9 cm³/mol. The molecule has 0 unspecified atom stereocenters. The van der Waals surface area contributed by atoms with Crippen LogP contribution in [0.15, 0.2) is 36.7 Å². The summed E-state index contributed by atoms with van der Waals surface area (Å²) in [5.74, 6) is 0.867. The van der Waals surface area contributed by atoms with E-state index in [0.717, 1.165) is 24.6 Å². The molecule has 2 rings (SSSR count). The van der Waals surface area contributed by atoms with Crippen molar-refractivity contribution in [2.24, 2.45) is 5.73 Å². The van der Waals surface area contributed by atoms with Gasteiger partial charge in [0.1, 0.15) is 0 Å². The average Bonchev–Trinajstić information content (AvgIpc) is 2.46. The summed E-state index contributed by atoms with van der Waals surface area (Å²) >= 11 is 0. The SMILES string of the molecule is CCN(Cc1ccncc1)c1ccc(CN)nn1. The molecule has 0 saturated heterocycles. The second kappa shape index (κ2) is 6.07. The molecule has 2 aromatic rings. The Morgan fingerprint density at radius 2 is 1.89 bits per heavy atom. The Morgan fingerprint density at radius 3 is 2.44 bits per heavy atom. The molecule has 0 spiro atoms. The fourth-order valence-corrected chi connectivity index (χ4v) is 1.69. The quantitative estimate of drug-likeness (QED) is 0.858. The molecule has 0 aromatic carbocycles. The van der Waals surface area contributed by atoms with Crippen molar-refractivity contribution in [3.8, 4) is 0 Å². The summed E-state index contributed by atoms with van der Waals surface area (Å²) in [6.45, 7) is 4.19. The molecule has 0 bridgehead atoms. The van der Waals surface area contributed by atoms with Gasteiger partial charge in [0, 0.05) is 32.0 Å². The molecule has 0 aliphatic rings. The lowest BCUT2D eigenvalue weighted by molar-refractivity contribution is 0.783. The zero-order chi connectivity index (χ0) is 12.8. The van der Waals surface area contributed by atoms with Crippen molar-refractivity contribution in [2.45, 2.75) is 20.0 Å². The maximum atomic E-state index is 5.51. The summed E-state index contributed by atoms with van der Waals surface area (Å²) < 4.78 is 0. The van der Waals surface area contributed by atoms with Crippen molar-refractivity contribution >= 4 is 5.82 Å². The van der Waals surface area contributed by atoms with Crippen molar-refractivity contribution < 1.29 is 0 Å². The Hall–Kier alpha value is -2.01. The Kier molecular flexibility index (Phi) is 4.20. The predicted octanol–water partition coefficient (Wildman–Crippen LogP) is 1.36. The highest BCUT2D eigenvalue weighted by Gasteiger charge is 2.07. The molecule has 18 heavy (non-hydrogen) atoms.